The zero-order chi connectivity index (χ0) is 16.4. The summed E-state index contributed by atoms with van der Waals surface area (Å²) in [5.74, 6) is 0. The SMILES string of the molecule is c1ccc2nc3c4ccccc4n4c5ccccc5nc4c3cc2c1. The Kier molecular flexibility index (Phi) is 2.35. The zero-order valence-electron chi connectivity index (χ0n) is 13.3. The lowest BCUT2D eigenvalue weighted by atomic mass is 10.1. The van der Waals surface area contributed by atoms with E-state index in [0.29, 0.717) is 0 Å². The first kappa shape index (κ1) is 12.9. The number of fused-ring (bicyclic) bond motifs is 9. The van der Waals surface area contributed by atoms with Gasteiger partial charge in [0.1, 0.15) is 5.65 Å². The summed E-state index contributed by atoms with van der Waals surface area (Å²) in [6.07, 6.45) is 0. The summed E-state index contributed by atoms with van der Waals surface area (Å²) in [5.41, 5.74) is 6.27. The van der Waals surface area contributed by atoms with Crippen LogP contribution in [0.25, 0.3) is 49.4 Å². The van der Waals surface area contributed by atoms with Crippen LogP contribution >= 0.6 is 0 Å². The number of para-hydroxylation sites is 4. The molecule has 0 aliphatic rings. The van der Waals surface area contributed by atoms with E-state index in [1.807, 2.05) is 12.1 Å². The van der Waals surface area contributed by atoms with E-state index in [0.717, 1.165) is 49.4 Å². The van der Waals surface area contributed by atoms with Gasteiger partial charge in [0.2, 0.25) is 0 Å². The fraction of sp³-hybridized carbons (Fsp3) is 0. The molecule has 0 saturated heterocycles. The average molecular weight is 319 g/mol. The molecule has 0 radical (unpaired) electrons. The van der Waals surface area contributed by atoms with E-state index in [1.165, 1.54) is 0 Å². The molecule has 0 bridgehead atoms. The number of hydrogen-bond donors (Lipinski definition) is 0. The molecule has 3 heterocycles. The van der Waals surface area contributed by atoms with Gasteiger partial charge < -0.3 is 0 Å². The average Bonchev–Trinajstić information content (AvgIpc) is 3.07. The Labute approximate surface area is 143 Å². The van der Waals surface area contributed by atoms with Crippen molar-refractivity contribution in [2.24, 2.45) is 0 Å². The van der Waals surface area contributed by atoms with Gasteiger partial charge in [0.05, 0.1) is 27.6 Å². The predicted octanol–water partition coefficient (Wildman–Crippen LogP) is 5.34. The molecule has 0 unspecified atom stereocenters. The molecule has 0 amide bonds. The molecular formula is C22H13N3. The summed E-state index contributed by atoms with van der Waals surface area (Å²) in [7, 11) is 0. The molecule has 116 valence electrons. The van der Waals surface area contributed by atoms with Crippen LogP contribution in [0, 0.1) is 0 Å². The van der Waals surface area contributed by atoms with E-state index in [4.69, 9.17) is 9.97 Å². The first-order valence-corrected chi connectivity index (χ1v) is 8.37. The van der Waals surface area contributed by atoms with E-state index < -0.39 is 0 Å². The van der Waals surface area contributed by atoms with Crippen LogP contribution in [0.2, 0.25) is 0 Å². The molecule has 0 saturated carbocycles. The van der Waals surface area contributed by atoms with Crippen molar-refractivity contribution in [1.29, 1.82) is 0 Å². The normalized spacial score (nSPS) is 12.0. The number of pyridine rings is 2. The smallest absolute Gasteiger partial charge is 0.147 e. The lowest BCUT2D eigenvalue weighted by Gasteiger charge is -2.09. The Morgan fingerprint density at radius 1 is 0.600 bits per heavy atom. The lowest BCUT2D eigenvalue weighted by molar-refractivity contribution is 1.31. The van der Waals surface area contributed by atoms with Gasteiger partial charge in [-0.05, 0) is 30.3 Å². The summed E-state index contributed by atoms with van der Waals surface area (Å²) < 4.78 is 2.25. The summed E-state index contributed by atoms with van der Waals surface area (Å²) in [5, 5.41) is 3.38. The number of rotatable bonds is 0. The summed E-state index contributed by atoms with van der Waals surface area (Å²) >= 11 is 0. The van der Waals surface area contributed by atoms with Crippen molar-refractivity contribution in [3.05, 3.63) is 78.9 Å². The largest absolute Gasteiger partial charge is 0.292 e. The molecule has 0 fully saturated rings. The first-order chi connectivity index (χ1) is 12.4. The molecule has 25 heavy (non-hydrogen) atoms. The van der Waals surface area contributed by atoms with Crippen molar-refractivity contribution in [2.75, 3.05) is 0 Å². The highest BCUT2D eigenvalue weighted by Crippen LogP contribution is 2.32. The van der Waals surface area contributed by atoms with Gasteiger partial charge in [-0.15, -0.1) is 0 Å². The minimum Gasteiger partial charge on any atom is -0.292 e. The summed E-state index contributed by atoms with van der Waals surface area (Å²) in [4.78, 5) is 9.90. The van der Waals surface area contributed by atoms with Crippen LogP contribution in [0.4, 0.5) is 0 Å². The number of hydrogen-bond acceptors (Lipinski definition) is 2. The quantitative estimate of drug-likeness (QED) is 0.279. The maximum atomic E-state index is 4.97. The van der Waals surface area contributed by atoms with Crippen molar-refractivity contribution in [3.8, 4) is 0 Å². The van der Waals surface area contributed by atoms with Gasteiger partial charge in [-0.3, -0.25) is 4.40 Å². The summed E-state index contributed by atoms with van der Waals surface area (Å²) in [6.45, 7) is 0. The standard InChI is InChI=1S/C22H13N3/c1-3-9-17-14(7-1)13-16-21(23-17)15-8-2-5-11-19(15)25-20-12-6-4-10-18(20)24-22(16)25/h1-13H. The van der Waals surface area contributed by atoms with Crippen molar-refractivity contribution in [2.45, 2.75) is 0 Å². The Morgan fingerprint density at radius 2 is 1.32 bits per heavy atom. The van der Waals surface area contributed by atoms with E-state index in [1.54, 1.807) is 0 Å². The van der Waals surface area contributed by atoms with E-state index >= 15 is 0 Å². The Morgan fingerprint density at radius 3 is 2.24 bits per heavy atom. The maximum Gasteiger partial charge on any atom is 0.147 e. The molecule has 3 aromatic heterocycles. The molecule has 3 heteroatoms. The lowest BCUT2D eigenvalue weighted by Crippen LogP contribution is -1.93. The van der Waals surface area contributed by atoms with Crippen molar-refractivity contribution >= 4 is 49.4 Å². The van der Waals surface area contributed by atoms with Crippen molar-refractivity contribution in [1.82, 2.24) is 14.4 Å². The first-order valence-electron chi connectivity index (χ1n) is 8.37. The van der Waals surface area contributed by atoms with Gasteiger partial charge in [0.15, 0.2) is 0 Å². The zero-order valence-corrected chi connectivity index (χ0v) is 13.3. The third-order valence-corrected chi connectivity index (χ3v) is 4.93. The van der Waals surface area contributed by atoms with E-state index in [2.05, 4.69) is 71.1 Å². The van der Waals surface area contributed by atoms with Gasteiger partial charge >= 0.3 is 0 Å². The number of nitrogens with zero attached hydrogens (tertiary/aromatic N) is 3. The van der Waals surface area contributed by atoms with Crippen LogP contribution in [0.5, 0.6) is 0 Å². The molecule has 0 aliphatic carbocycles. The second-order valence-corrected chi connectivity index (χ2v) is 6.35. The van der Waals surface area contributed by atoms with Gasteiger partial charge in [-0.1, -0.05) is 48.5 Å². The second-order valence-electron chi connectivity index (χ2n) is 6.35. The van der Waals surface area contributed by atoms with Gasteiger partial charge in [-0.25, -0.2) is 9.97 Å². The topological polar surface area (TPSA) is 30.2 Å². The molecule has 3 nitrogen and oxygen atoms in total. The fourth-order valence-corrected chi connectivity index (χ4v) is 3.81. The second kappa shape index (κ2) is 4.54. The Bertz CT molecular complexity index is 1440. The van der Waals surface area contributed by atoms with Crippen LogP contribution in [0.3, 0.4) is 0 Å². The van der Waals surface area contributed by atoms with E-state index in [9.17, 15) is 0 Å². The van der Waals surface area contributed by atoms with Crippen LogP contribution in [0.15, 0.2) is 78.9 Å². The number of imidazole rings is 1. The molecule has 0 N–H and O–H groups in total. The third-order valence-electron chi connectivity index (χ3n) is 4.93. The van der Waals surface area contributed by atoms with Crippen LogP contribution in [0.1, 0.15) is 0 Å². The Balaban J connectivity index is 2.01. The molecule has 6 aromatic rings. The van der Waals surface area contributed by atoms with Crippen molar-refractivity contribution in [3.63, 3.8) is 0 Å². The minimum absolute atomic E-state index is 0.966. The fourth-order valence-electron chi connectivity index (χ4n) is 3.81. The van der Waals surface area contributed by atoms with Gasteiger partial charge in [0, 0.05) is 16.2 Å². The van der Waals surface area contributed by atoms with Gasteiger partial charge in [0.25, 0.3) is 0 Å². The van der Waals surface area contributed by atoms with Crippen molar-refractivity contribution < 1.29 is 0 Å². The van der Waals surface area contributed by atoms with Crippen LogP contribution in [-0.4, -0.2) is 14.4 Å². The third kappa shape index (κ3) is 1.64. The molecule has 0 spiro atoms. The monoisotopic (exact) mass is 319 g/mol. The van der Waals surface area contributed by atoms with E-state index in [-0.39, 0.29) is 0 Å². The number of aromatic nitrogens is 3. The molecule has 3 aromatic carbocycles. The molecule has 0 atom stereocenters. The van der Waals surface area contributed by atoms with Crippen LogP contribution < -0.4 is 0 Å². The number of benzene rings is 3. The van der Waals surface area contributed by atoms with Gasteiger partial charge in [-0.2, -0.15) is 0 Å². The highest BCUT2D eigenvalue weighted by atomic mass is 15.0. The highest BCUT2D eigenvalue weighted by molar-refractivity contribution is 6.14. The molecule has 0 aliphatic heterocycles. The summed E-state index contributed by atoms with van der Waals surface area (Å²) in [6, 6.07) is 27.2. The Hall–Kier alpha value is -3.46. The minimum atomic E-state index is 0.966. The highest BCUT2D eigenvalue weighted by Gasteiger charge is 2.14. The predicted molar refractivity (Wildman–Crippen MR) is 103 cm³/mol. The molecular weight excluding hydrogens is 306 g/mol. The molecule has 6 rings (SSSR count). The van der Waals surface area contributed by atoms with Crippen LogP contribution in [-0.2, 0) is 0 Å². The maximum absolute atomic E-state index is 4.97.